The van der Waals surface area contributed by atoms with Crippen LogP contribution < -0.4 is 10.2 Å². The van der Waals surface area contributed by atoms with E-state index in [1.54, 1.807) is 0 Å². The molecular formula is C16H28N4S. The van der Waals surface area contributed by atoms with Crippen molar-refractivity contribution in [3.63, 3.8) is 0 Å². The van der Waals surface area contributed by atoms with E-state index in [1.807, 2.05) is 18.0 Å². The van der Waals surface area contributed by atoms with Crippen molar-refractivity contribution in [1.82, 2.24) is 15.3 Å². The SMILES string of the molecule is CC(C)CNCc1nc(C(C)C)ncc1N1CCSCC1. The Bertz CT molecular complexity index is 442. The fourth-order valence-corrected chi connectivity index (χ4v) is 3.29. The van der Waals surface area contributed by atoms with Crippen LogP contribution in [0.1, 0.15) is 45.1 Å². The lowest BCUT2D eigenvalue weighted by Gasteiger charge is -2.30. The first-order valence-corrected chi connectivity index (χ1v) is 9.12. The molecule has 0 atom stereocenters. The summed E-state index contributed by atoms with van der Waals surface area (Å²) in [4.78, 5) is 11.8. The topological polar surface area (TPSA) is 41.1 Å². The lowest BCUT2D eigenvalue weighted by atomic mass is 10.2. The van der Waals surface area contributed by atoms with Crippen LogP contribution in [0.25, 0.3) is 0 Å². The number of thioether (sulfide) groups is 1. The molecule has 1 aromatic rings. The van der Waals surface area contributed by atoms with Gasteiger partial charge in [0.05, 0.1) is 17.6 Å². The Labute approximate surface area is 133 Å². The maximum atomic E-state index is 4.82. The summed E-state index contributed by atoms with van der Waals surface area (Å²) in [5.41, 5.74) is 2.37. The van der Waals surface area contributed by atoms with Gasteiger partial charge in [-0.3, -0.25) is 0 Å². The predicted octanol–water partition coefficient (Wildman–Crippen LogP) is 2.90. The minimum Gasteiger partial charge on any atom is -0.367 e. The van der Waals surface area contributed by atoms with Crippen molar-refractivity contribution >= 4 is 17.4 Å². The van der Waals surface area contributed by atoms with Gasteiger partial charge in [-0.1, -0.05) is 27.7 Å². The van der Waals surface area contributed by atoms with Gasteiger partial charge in [-0.2, -0.15) is 11.8 Å². The zero-order valence-electron chi connectivity index (χ0n) is 13.7. The van der Waals surface area contributed by atoms with Gasteiger partial charge in [0.25, 0.3) is 0 Å². The molecule has 1 aromatic heterocycles. The fourth-order valence-electron chi connectivity index (χ4n) is 2.38. The van der Waals surface area contributed by atoms with Gasteiger partial charge < -0.3 is 10.2 Å². The highest BCUT2D eigenvalue weighted by atomic mass is 32.2. The molecule has 1 aliphatic heterocycles. The molecule has 0 spiro atoms. The minimum absolute atomic E-state index is 0.375. The second kappa shape index (κ2) is 7.99. The molecule has 1 fully saturated rings. The van der Waals surface area contributed by atoms with Crippen molar-refractivity contribution in [2.24, 2.45) is 5.92 Å². The van der Waals surface area contributed by atoms with E-state index in [0.717, 1.165) is 37.7 Å². The third-order valence-corrected chi connectivity index (χ3v) is 4.52. The second-order valence-electron chi connectivity index (χ2n) is 6.34. The second-order valence-corrected chi connectivity index (χ2v) is 7.56. The Balaban J connectivity index is 2.16. The molecule has 118 valence electrons. The van der Waals surface area contributed by atoms with E-state index in [0.29, 0.717) is 11.8 Å². The summed E-state index contributed by atoms with van der Waals surface area (Å²) in [7, 11) is 0. The molecule has 2 heterocycles. The van der Waals surface area contributed by atoms with Crippen LogP contribution in [-0.4, -0.2) is 41.1 Å². The molecule has 0 saturated carbocycles. The first kappa shape index (κ1) is 16.6. The Morgan fingerprint density at radius 2 is 1.95 bits per heavy atom. The zero-order chi connectivity index (χ0) is 15.2. The highest BCUT2D eigenvalue weighted by Gasteiger charge is 2.17. The summed E-state index contributed by atoms with van der Waals surface area (Å²) in [6.45, 7) is 12.8. The Morgan fingerprint density at radius 1 is 1.24 bits per heavy atom. The van der Waals surface area contributed by atoms with Crippen LogP contribution in [-0.2, 0) is 6.54 Å². The molecule has 4 nitrogen and oxygen atoms in total. The van der Waals surface area contributed by atoms with Crippen molar-refractivity contribution in [3.8, 4) is 0 Å². The number of nitrogens with one attached hydrogen (secondary N) is 1. The average molecular weight is 308 g/mol. The number of rotatable bonds is 6. The van der Waals surface area contributed by atoms with Gasteiger partial charge in [0.1, 0.15) is 5.82 Å². The molecule has 2 rings (SSSR count). The van der Waals surface area contributed by atoms with Gasteiger partial charge in [0.15, 0.2) is 0 Å². The smallest absolute Gasteiger partial charge is 0.131 e. The van der Waals surface area contributed by atoms with Gasteiger partial charge in [-0.05, 0) is 12.5 Å². The standard InChI is InChI=1S/C16H28N4S/c1-12(2)9-17-10-14-15(20-5-7-21-8-6-20)11-18-16(19-14)13(3)4/h11-13,17H,5-10H2,1-4H3. The van der Waals surface area contributed by atoms with Crippen LogP contribution in [0, 0.1) is 5.92 Å². The van der Waals surface area contributed by atoms with Crippen molar-refractivity contribution in [1.29, 1.82) is 0 Å². The summed E-state index contributed by atoms with van der Waals surface area (Å²) >= 11 is 2.03. The summed E-state index contributed by atoms with van der Waals surface area (Å²) in [5.74, 6) is 4.38. The van der Waals surface area contributed by atoms with Gasteiger partial charge in [-0.25, -0.2) is 9.97 Å². The summed E-state index contributed by atoms with van der Waals surface area (Å²) in [5, 5.41) is 3.52. The van der Waals surface area contributed by atoms with Crippen LogP contribution in [0.15, 0.2) is 6.20 Å². The normalized spacial score (nSPS) is 16.0. The third-order valence-electron chi connectivity index (χ3n) is 3.58. The van der Waals surface area contributed by atoms with Crippen LogP contribution in [0.5, 0.6) is 0 Å². The molecule has 5 heteroatoms. The molecule has 0 aliphatic carbocycles. The average Bonchev–Trinajstić information content (AvgIpc) is 2.47. The predicted molar refractivity (Wildman–Crippen MR) is 92.2 cm³/mol. The van der Waals surface area contributed by atoms with Crippen LogP contribution in [0.3, 0.4) is 0 Å². The number of anilines is 1. The van der Waals surface area contributed by atoms with E-state index in [4.69, 9.17) is 4.98 Å². The molecule has 0 unspecified atom stereocenters. The van der Waals surface area contributed by atoms with E-state index >= 15 is 0 Å². The molecule has 0 aromatic carbocycles. The number of aromatic nitrogens is 2. The summed E-state index contributed by atoms with van der Waals surface area (Å²) < 4.78 is 0. The first-order chi connectivity index (χ1) is 10.1. The molecule has 1 aliphatic rings. The Morgan fingerprint density at radius 3 is 2.57 bits per heavy atom. The fraction of sp³-hybridized carbons (Fsp3) is 0.750. The van der Waals surface area contributed by atoms with E-state index < -0.39 is 0 Å². The summed E-state index contributed by atoms with van der Waals surface area (Å²) in [6, 6.07) is 0. The van der Waals surface area contributed by atoms with Gasteiger partial charge in [0, 0.05) is 37.1 Å². The monoisotopic (exact) mass is 308 g/mol. The molecule has 0 radical (unpaired) electrons. The molecule has 1 N–H and O–H groups in total. The van der Waals surface area contributed by atoms with E-state index in [1.165, 1.54) is 17.2 Å². The zero-order valence-corrected chi connectivity index (χ0v) is 14.5. The van der Waals surface area contributed by atoms with Crippen LogP contribution in [0.4, 0.5) is 5.69 Å². The highest BCUT2D eigenvalue weighted by molar-refractivity contribution is 7.99. The van der Waals surface area contributed by atoms with Crippen molar-refractivity contribution in [3.05, 3.63) is 17.7 Å². The Hall–Kier alpha value is -0.810. The molecule has 21 heavy (non-hydrogen) atoms. The lowest BCUT2D eigenvalue weighted by Crippen LogP contribution is -2.34. The minimum atomic E-state index is 0.375. The van der Waals surface area contributed by atoms with Crippen molar-refractivity contribution in [2.45, 2.75) is 40.2 Å². The third kappa shape index (κ3) is 4.85. The molecule has 0 amide bonds. The highest BCUT2D eigenvalue weighted by Crippen LogP contribution is 2.23. The van der Waals surface area contributed by atoms with Crippen molar-refractivity contribution in [2.75, 3.05) is 36.0 Å². The number of hydrogen-bond acceptors (Lipinski definition) is 5. The molecular weight excluding hydrogens is 280 g/mol. The molecule has 0 bridgehead atoms. The van der Waals surface area contributed by atoms with Crippen molar-refractivity contribution < 1.29 is 0 Å². The van der Waals surface area contributed by atoms with Gasteiger partial charge in [-0.15, -0.1) is 0 Å². The summed E-state index contributed by atoms with van der Waals surface area (Å²) in [6.07, 6.45) is 2.03. The quantitative estimate of drug-likeness (QED) is 0.875. The maximum Gasteiger partial charge on any atom is 0.131 e. The van der Waals surface area contributed by atoms with E-state index in [-0.39, 0.29) is 0 Å². The Kier molecular flexibility index (Phi) is 6.30. The number of nitrogens with zero attached hydrogens (tertiary/aromatic N) is 3. The van der Waals surface area contributed by atoms with Gasteiger partial charge in [0.2, 0.25) is 0 Å². The maximum absolute atomic E-state index is 4.82. The molecule has 1 saturated heterocycles. The van der Waals surface area contributed by atoms with E-state index in [2.05, 4.69) is 42.9 Å². The van der Waals surface area contributed by atoms with Gasteiger partial charge >= 0.3 is 0 Å². The first-order valence-electron chi connectivity index (χ1n) is 7.97. The van der Waals surface area contributed by atoms with Crippen LogP contribution >= 0.6 is 11.8 Å². The van der Waals surface area contributed by atoms with Crippen LogP contribution in [0.2, 0.25) is 0 Å². The largest absolute Gasteiger partial charge is 0.367 e. The lowest BCUT2D eigenvalue weighted by molar-refractivity contribution is 0.545. The number of hydrogen-bond donors (Lipinski definition) is 1. The van der Waals surface area contributed by atoms with E-state index in [9.17, 15) is 0 Å².